The van der Waals surface area contributed by atoms with E-state index in [1.165, 1.54) is 12.1 Å². The number of nitrogens with two attached hydrogens (primary N) is 1. The van der Waals surface area contributed by atoms with Gasteiger partial charge in [0.2, 0.25) is 0 Å². The Morgan fingerprint density at radius 3 is 2.65 bits per heavy atom. The molecule has 34 heavy (non-hydrogen) atoms. The highest BCUT2D eigenvalue weighted by Gasteiger charge is 2.47. The number of anilines is 1. The van der Waals surface area contributed by atoms with Crippen molar-refractivity contribution in [2.75, 3.05) is 18.0 Å². The molecule has 0 radical (unpaired) electrons. The van der Waals surface area contributed by atoms with Gasteiger partial charge in [0.1, 0.15) is 10.7 Å². The minimum absolute atomic E-state index is 0.0586. The second-order valence-electron chi connectivity index (χ2n) is 8.73. The number of aliphatic hydroxyl groups is 1. The Morgan fingerprint density at radius 2 is 1.97 bits per heavy atom. The molecular weight excluding hydrogens is 467 g/mol. The third-order valence-corrected chi connectivity index (χ3v) is 7.85. The highest BCUT2D eigenvalue weighted by molar-refractivity contribution is 7.99. The lowest BCUT2D eigenvalue weighted by Crippen LogP contribution is -2.45. The lowest BCUT2D eigenvalue weighted by molar-refractivity contribution is -0.143. The van der Waals surface area contributed by atoms with Crippen LogP contribution in [0.5, 0.6) is 0 Å². The Labute approximate surface area is 198 Å². The van der Waals surface area contributed by atoms with Gasteiger partial charge in [0.15, 0.2) is 11.5 Å². The molecule has 0 aliphatic carbocycles. The molecule has 2 aliphatic rings. The number of fused-ring (bicyclic) bond motifs is 1. The van der Waals surface area contributed by atoms with Crippen molar-refractivity contribution in [1.82, 2.24) is 24.7 Å². The fourth-order valence-electron chi connectivity index (χ4n) is 4.85. The molecule has 180 valence electrons. The molecule has 5 heterocycles. The molecule has 0 amide bonds. The van der Waals surface area contributed by atoms with Crippen molar-refractivity contribution in [2.45, 2.75) is 55.1 Å². The Kier molecular flexibility index (Phi) is 5.77. The zero-order valence-electron chi connectivity index (χ0n) is 18.5. The third kappa shape index (κ3) is 3.93. The highest BCUT2D eigenvalue weighted by Crippen LogP contribution is 2.48. The smallest absolute Gasteiger partial charge is 0.390 e. The first-order valence-electron chi connectivity index (χ1n) is 10.9. The molecule has 2 aliphatic heterocycles. The summed E-state index contributed by atoms with van der Waals surface area (Å²) in [5.74, 6) is 0.561. The molecule has 3 aromatic heterocycles. The average molecular weight is 492 g/mol. The Bertz CT molecular complexity index is 1210. The Hall–Kier alpha value is -2.70. The van der Waals surface area contributed by atoms with Gasteiger partial charge in [-0.05, 0) is 38.0 Å². The quantitative estimate of drug-likeness (QED) is 0.573. The Balaban J connectivity index is 1.37. The van der Waals surface area contributed by atoms with Crippen molar-refractivity contribution < 1.29 is 18.3 Å². The largest absolute Gasteiger partial charge is 0.434 e. The number of halogens is 3. The van der Waals surface area contributed by atoms with Gasteiger partial charge in [-0.2, -0.15) is 18.3 Å². The van der Waals surface area contributed by atoms with E-state index in [-0.39, 0.29) is 23.0 Å². The van der Waals surface area contributed by atoms with Crippen molar-refractivity contribution in [3.8, 4) is 0 Å². The van der Waals surface area contributed by atoms with Crippen molar-refractivity contribution >= 4 is 17.6 Å². The number of piperidine rings is 1. The van der Waals surface area contributed by atoms with E-state index in [1.807, 2.05) is 10.7 Å². The molecule has 1 fully saturated rings. The van der Waals surface area contributed by atoms with E-state index >= 15 is 0 Å². The molecule has 1 saturated heterocycles. The molecule has 0 bridgehead atoms. The highest BCUT2D eigenvalue weighted by atomic mass is 32.2. The summed E-state index contributed by atoms with van der Waals surface area (Å²) in [7, 11) is 0. The molecule has 0 aromatic carbocycles. The summed E-state index contributed by atoms with van der Waals surface area (Å²) in [5, 5.41) is 14.7. The maximum Gasteiger partial charge on any atom is 0.434 e. The summed E-state index contributed by atoms with van der Waals surface area (Å²) in [6, 6.07) is 4.69. The van der Waals surface area contributed by atoms with E-state index in [0.29, 0.717) is 35.3 Å². The van der Waals surface area contributed by atoms with Gasteiger partial charge in [0.05, 0.1) is 24.0 Å². The average Bonchev–Trinajstić information content (AvgIpc) is 3.36. The lowest BCUT2D eigenvalue weighted by Gasteiger charge is -2.42. The van der Waals surface area contributed by atoms with Gasteiger partial charge in [0.25, 0.3) is 0 Å². The summed E-state index contributed by atoms with van der Waals surface area (Å²) in [5.41, 5.74) is 7.42. The second kappa shape index (κ2) is 8.51. The molecule has 1 spiro atoms. The van der Waals surface area contributed by atoms with Gasteiger partial charge in [-0.1, -0.05) is 11.8 Å². The predicted octanol–water partition coefficient (Wildman–Crippen LogP) is 3.34. The van der Waals surface area contributed by atoms with E-state index < -0.39 is 11.9 Å². The fourth-order valence-corrected chi connectivity index (χ4v) is 5.82. The molecule has 3 N–H and O–H groups in total. The van der Waals surface area contributed by atoms with Crippen LogP contribution in [-0.4, -0.2) is 42.9 Å². The molecule has 12 heteroatoms. The first-order chi connectivity index (χ1) is 16.2. The van der Waals surface area contributed by atoms with E-state index in [9.17, 15) is 18.3 Å². The van der Waals surface area contributed by atoms with Crippen LogP contribution in [0.4, 0.5) is 19.0 Å². The monoisotopic (exact) mass is 491 g/mol. The second-order valence-corrected chi connectivity index (χ2v) is 9.76. The van der Waals surface area contributed by atoms with Crippen molar-refractivity contribution in [2.24, 2.45) is 11.1 Å². The van der Waals surface area contributed by atoms with Gasteiger partial charge >= 0.3 is 6.18 Å². The molecule has 5 rings (SSSR count). The number of pyridine rings is 1. The zero-order valence-corrected chi connectivity index (χ0v) is 19.3. The predicted molar refractivity (Wildman–Crippen MR) is 119 cm³/mol. The first-order valence-corrected chi connectivity index (χ1v) is 11.7. The SMILES string of the molecule is Cc1nc(N2CCC3(CC2)Cn2nccc2[C@@H]3N)c(CO)nc1Sc1cccnc1C(F)(F)F. The van der Waals surface area contributed by atoms with Crippen molar-refractivity contribution in [1.29, 1.82) is 0 Å². The Morgan fingerprint density at radius 1 is 1.21 bits per heavy atom. The van der Waals surface area contributed by atoms with Crippen LogP contribution in [0.3, 0.4) is 0 Å². The molecule has 3 aromatic rings. The molecule has 0 unspecified atom stereocenters. The zero-order chi connectivity index (χ0) is 24.1. The summed E-state index contributed by atoms with van der Waals surface area (Å²) in [6.07, 6.45) is -0.0215. The molecule has 8 nitrogen and oxygen atoms in total. The van der Waals surface area contributed by atoms with Gasteiger partial charge in [0, 0.05) is 42.3 Å². The number of alkyl halides is 3. The van der Waals surface area contributed by atoms with Crippen LogP contribution in [0.2, 0.25) is 0 Å². The van der Waals surface area contributed by atoms with Gasteiger partial charge in [-0.25, -0.2) is 9.97 Å². The van der Waals surface area contributed by atoms with Crippen LogP contribution < -0.4 is 10.6 Å². The minimum Gasteiger partial charge on any atom is -0.390 e. The van der Waals surface area contributed by atoms with Crippen molar-refractivity contribution in [3.05, 3.63) is 53.4 Å². The molecule has 1 atom stereocenters. The topological polar surface area (TPSA) is 106 Å². The van der Waals surface area contributed by atoms with Crippen LogP contribution in [0.15, 0.2) is 40.5 Å². The van der Waals surface area contributed by atoms with E-state index in [4.69, 9.17) is 5.73 Å². The molecular formula is C22H24F3N7OS. The summed E-state index contributed by atoms with van der Waals surface area (Å²) in [4.78, 5) is 14.6. The van der Waals surface area contributed by atoms with Crippen molar-refractivity contribution in [3.63, 3.8) is 0 Å². The minimum atomic E-state index is -4.58. The van der Waals surface area contributed by atoms with E-state index in [2.05, 4.69) is 25.0 Å². The molecule has 0 saturated carbocycles. The standard InChI is InChI=1S/C22H24F3N7OS/c1-13-20(34-16-3-2-7-27-18(16)22(23,24)25)30-14(11-33)19(29-13)31-9-5-21(6-10-31)12-32-15(17(21)26)4-8-28-32/h2-4,7-8,17,33H,5-6,9-12,26H2,1H3/t17-/m0/s1. The van der Waals surface area contributed by atoms with E-state index in [1.54, 1.807) is 13.1 Å². The number of aliphatic hydroxyl groups excluding tert-OH is 1. The number of nitrogens with zero attached hydrogens (tertiary/aromatic N) is 6. The number of aryl methyl sites for hydroxylation is 1. The summed E-state index contributed by atoms with van der Waals surface area (Å²) >= 11 is 0.850. The van der Waals surface area contributed by atoms with Gasteiger partial charge in [-0.15, -0.1) is 0 Å². The summed E-state index contributed by atoms with van der Waals surface area (Å²) in [6.45, 7) is 3.50. The number of hydrogen-bond donors (Lipinski definition) is 2. The van der Waals surface area contributed by atoms with Gasteiger partial charge in [-0.3, -0.25) is 9.67 Å². The van der Waals surface area contributed by atoms with E-state index in [0.717, 1.165) is 43.0 Å². The normalized spacial score (nSPS) is 19.6. The number of hydrogen-bond acceptors (Lipinski definition) is 8. The summed E-state index contributed by atoms with van der Waals surface area (Å²) < 4.78 is 42.0. The third-order valence-electron chi connectivity index (χ3n) is 6.72. The maximum absolute atomic E-state index is 13.4. The lowest BCUT2D eigenvalue weighted by atomic mass is 9.73. The van der Waals surface area contributed by atoms with Crippen LogP contribution in [-0.2, 0) is 19.3 Å². The first kappa shape index (κ1) is 23.1. The van der Waals surface area contributed by atoms with Crippen LogP contribution in [0.25, 0.3) is 0 Å². The number of aromatic nitrogens is 5. The van der Waals surface area contributed by atoms with Gasteiger partial charge < -0.3 is 15.7 Å². The van der Waals surface area contributed by atoms with Crippen LogP contribution >= 0.6 is 11.8 Å². The number of rotatable bonds is 4. The van der Waals surface area contributed by atoms with Crippen LogP contribution in [0.1, 0.15) is 41.7 Å². The maximum atomic E-state index is 13.4. The van der Waals surface area contributed by atoms with Crippen LogP contribution in [0, 0.1) is 12.3 Å². The fraction of sp³-hybridized carbons (Fsp3) is 0.455.